The third kappa shape index (κ3) is 39.0. The lowest BCUT2D eigenvalue weighted by Crippen LogP contribution is -2.34. The lowest BCUT2D eigenvalue weighted by atomic mass is 10.0. The van der Waals surface area contributed by atoms with Crippen molar-refractivity contribution in [2.75, 3.05) is 26.4 Å². The summed E-state index contributed by atoms with van der Waals surface area (Å²) in [6.07, 6.45) is 38.8. The maximum atomic E-state index is 12.6. The maximum absolute atomic E-state index is 12.6. The molecule has 0 aromatic heterocycles. The van der Waals surface area contributed by atoms with E-state index in [9.17, 15) is 19.0 Å². The molecule has 0 aromatic carbocycles. The number of ether oxygens (including phenoxy) is 2. The maximum Gasteiger partial charge on any atom is 0.472 e. The second kappa shape index (κ2) is 39.2. The summed E-state index contributed by atoms with van der Waals surface area (Å²) in [5.41, 5.74) is 5.35. The molecule has 10 nitrogen and oxygen atoms in total. The summed E-state index contributed by atoms with van der Waals surface area (Å²) in [6.45, 7) is 3.91. The third-order valence-corrected chi connectivity index (χ3v) is 10.8. The molecule has 0 heterocycles. The molecule has 0 bridgehead atoms. The monoisotopic (exact) mass is 778 g/mol. The zero-order valence-corrected chi connectivity index (χ0v) is 35.3. The van der Waals surface area contributed by atoms with Crippen molar-refractivity contribution in [3.05, 3.63) is 0 Å². The quantitative estimate of drug-likeness (QED) is 0.0309. The van der Waals surface area contributed by atoms with Gasteiger partial charge in [0, 0.05) is 13.0 Å². The molecule has 0 aromatic rings. The van der Waals surface area contributed by atoms with Crippen molar-refractivity contribution in [3.63, 3.8) is 0 Å². The van der Waals surface area contributed by atoms with Crippen LogP contribution in [0.15, 0.2) is 0 Å². The topological polar surface area (TPSA) is 155 Å². The Bertz CT molecular complexity index is 862. The van der Waals surface area contributed by atoms with Gasteiger partial charge in [0.05, 0.1) is 19.8 Å². The molecule has 0 aliphatic carbocycles. The molecular weight excluding hydrogens is 693 g/mol. The van der Waals surface area contributed by atoms with E-state index >= 15 is 0 Å². The SMILES string of the molecule is CCCCCCCCCCCCCCCCCCCCCCCC(=O)OC(COCCCCCCCCCCCC)COP(=O)(O)OCC(N)C(=O)O. The Morgan fingerprint density at radius 3 is 1.25 bits per heavy atom. The molecule has 0 saturated heterocycles. The van der Waals surface area contributed by atoms with Crippen LogP contribution in [0.1, 0.15) is 219 Å². The van der Waals surface area contributed by atoms with Crippen molar-refractivity contribution < 1.29 is 42.7 Å². The van der Waals surface area contributed by atoms with E-state index in [1.54, 1.807) is 0 Å². The average molecular weight is 778 g/mol. The molecule has 0 fully saturated rings. The Labute approximate surface area is 325 Å². The molecular formula is C42H84NO9P. The van der Waals surface area contributed by atoms with Gasteiger partial charge in [-0.15, -0.1) is 0 Å². The minimum atomic E-state index is -4.60. The van der Waals surface area contributed by atoms with E-state index in [-0.39, 0.29) is 13.0 Å². The fraction of sp³-hybridized carbons (Fsp3) is 0.952. The number of hydrogen-bond acceptors (Lipinski definition) is 8. The van der Waals surface area contributed by atoms with Gasteiger partial charge in [-0.25, -0.2) is 4.57 Å². The predicted molar refractivity (Wildman–Crippen MR) is 217 cm³/mol. The van der Waals surface area contributed by atoms with E-state index in [0.29, 0.717) is 6.61 Å². The van der Waals surface area contributed by atoms with Gasteiger partial charge in [0.25, 0.3) is 0 Å². The summed E-state index contributed by atoms with van der Waals surface area (Å²) >= 11 is 0. The molecule has 0 radical (unpaired) electrons. The van der Waals surface area contributed by atoms with Gasteiger partial charge in [0.15, 0.2) is 0 Å². The number of aliphatic carboxylic acids is 1. The Balaban J connectivity index is 4.08. The zero-order chi connectivity index (χ0) is 39.1. The van der Waals surface area contributed by atoms with Crippen molar-refractivity contribution >= 4 is 19.8 Å². The first kappa shape index (κ1) is 52.0. The molecule has 3 unspecified atom stereocenters. The van der Waals surface area contributed by atoms with Crippen LogP contribution in [-0.2, 0) is 32.7 Å². The van der Waals surface area contributed by atoms with E-state index in [1.165, 1.54) is 161 Å². The van der Waals surface area contributed by atoms with E-state index in [4.69, 9.17) is 29.4 Å². The average Bonchev–Trinajstić information content (AvgIpc) is 3.13. The van der Waals surface area contributed by atoms with Crippen LogP contribution in [0.5, 0.6) is 0 Å². The lowest BCUT2D eigenvalue weighted by Gasteiger charge is -2.20. The summed E-state index contributed by atoms with van der Waals surface area (Å²) in [7, 11) is -4.60. The molecule has 53 heavy (non-hydrogen) atoms. The summed E-state index contributed by atoms with van der Waals surface area (Å²) in [5, 5.41) is 8.88. The number of carbonyl (C=O) groups is 2. The number of hydrogen-bond donors (Lipinski definition) is 3. The van der Waals surface area contributed by atoms with Crippen molar-refractivity contribution in [1.29, 1.82) is 0 Å². The highest BCUT2D eigenvalue weighted by molar-refractivity contribution is 7.47. The van der Waals surface area contributed by atoms with Crippen molar-refractivity contribution in [1.82, 2.24) is 0 Å². The molecule has 0 rings (SSSR count). The Morgan fingerprint density at radius 2 is 0.868 bits per heavy atom. The van der Waals surface area contributed by atoms with Gasteiger partial charge in [-0.05, 0) is 12.8 Å². The van der Waals surface area contributed by atoms with Crippen molar-refractivity contribution in [2.45, 2.75) is 231 Å². The largest absolute Gasteiger partial charge is 0.480 e. The van der Waals surface area contributed by atoms with Crippen LogP contribution in [-0.4, -0.2) is 60.5 Å². The standard InChI is InChI=1S/C42H84NO9P/c1-3-5-7-9-11-13-15-16-17-18-19-20-21-22-23-24-25-26-28-30-32-34-41(44)52-39(37-50-53(47,48)51-38-40(43)42(45)46)36-49-35-33-31-29-27-14-12-10-8-6-4-2/h39-40H,3-38,43H2,1-2H3,(H,45,46)(H,47,48). The highest BCUT2D eigenvalue weighted by Gasteiger charge is 2.27. The minimum absolute atomic E-state index is 0.0249. The second-order valence-electron chi connectivity index (χ2n) is 15.2. The number of carbonyl (C=O) groups excluding carboxylic acids is 1. The van der Waals surface area contributed by atoms with Crippen LogP contribution in [0.4, 0.5) is 0 Å². The third-order valence-electron chi connectivity index (χ3n) is 9.89. The van der Waals surface area contributed by atoms with Crippen LogP contribution >= 0.6 is 7.82 Å². The van der Waals surface area contributed by atoms with Gasteiger partial charge < -0.3 is 25.2 Å². The van der Waals surface area contributed by atoms with Gasteiger partial charge in [-0.3, -0.25) is 18.6 Å². The number of phosphoric acid groups is 1. The van der Waals surface area contributed by atoms with E-state index in [1.807, 2.05) is 0 Å². The normalized spacial score (nSPS) is 13.9. The van der Waals surface area contributed by atoms with Gasteiger partial charge in [0.2, 0.25) is 0 Å². The first-order valence-corrected chi connectivity index (χ1v) is 23.6. The van der Waals surface area contributed by atoms with Gasteiger partial charge >= 0.3 is 19.8 Å². The van der Waals surface area contributed by atoms with Gasteiger partial charge in [0.1, 0.15) is 12.1 Å². The second-order valence-corrected chi connectivity index (χ2v) is 16.6. The Morgan fingerprint density at radius 1 is 0.528 bits per heavy atom. The van der Waals surface area contributed by atoms with Crippen LogP contribution in [0, 0.1) is 0 Å². The molecule has 0 amide bonds. The van der Waals surface area contributed by atoms with Crippen LogP contribution in [0.25, 0.3) is 0 Å². The summed E-state index contributed by atoms with van der Waals surface area (Å²) < 4.78 is 33.3. The Hall–Kier alpha value is -1.03. The predicted octanol–water partition coefficient (Wildman–Crippen LogP) is 12.0. The number of carboxylic acids is 1. The van der Waals surface area contributed by atoms with Crippen molar-refractivity contribution in [2.24, 2.45) is 5.73 Å². The highest BCUT2D eigenvalue weighted by Crippen LogP contribution is 2.43. The smallest absolute Gasteiger partial charge is 0.472 e. The van der Waals surface area contributed by atoms with Crippen LogP contribution < -0.4 is 5.73 Å². The number of phosphoric ester groups is 1. The summed E-state index contributed by atoms with van der Waals surface area (Å²) in [5.74, 6) is -1.77. The molecule has 0 aliphatic rings. The van der Waals surface area contributed by atoms with Crippen molar-refractivity contribution in [3.8, 4) is 0 Å². The molecule has 4 N–H and O–H groups in total. The fourth-order valence-electron chi connectivity index (χ4n) is 6.43. The molecule has 0 aliphatic heterocycles. The van der Waals surface area contributed by atoms with E-state index in [0.717, 1.165) is 38.5 Å². The summed E-state index contributed by atoms with van der Waals surface area (Å²) in [4.78, 5) is 33.5. The number of unbranched alkanes of at least 4 members (excludes halogenated alkanes) is 29. The van der Waals surface area contributed by atoms with Crippen LogP contribution in [0.3, 0.4) is 0 Å². The van der Waals surface area contributed by atoms with Gasteiger partial charge in [-0.1, -0.05) is 200 Å². The summed E-state index contributed by atoms with van der Waals surface area (Å²) in [6, 6.07) is -1.47. The van der Waals surface area contributed by atoms with Gasteiger partial charge in [-0.2, -0.15) is 0 Å². The number of esters is 1. The molecule has 0 saturated carbocycles. The molecule has 3 atom stereocenters. The molecule has 11 heteroatoms. The van der Waals surface area contributed by atoms with E-state index in [2.05, 4.69) is 13.8 Å². The molecule has 0 spiro atoms. The Kier molecular flexibility index (Phi) is 38.5. The van der Waals surface area contributed by atoms with E-state index < -0.39 is 45.1 Å². The van der Waals surface area contributed by atoms with Crippen LogP contribution in [0.2, 0.25) is 0 Å². The first-order valence-electron chi connectivity index (χ1n) is 22.1. The number of nitrogens with two attached hydrogens (primary N) is 1. The molecule has 316 valence electrons. The zero-order valence-electron chi connectivity index (χ0n) is 34.4. The fourth-order valence-corrected chi connectivity index (χ4v) is 7.21. The minimum Gasteiger partial charge on any atom is -0.480 e. The first-order chi connectivity index (χ1) is 25.7. The number of rotatable bonds is 43. The lowest BCUT2D eigenvalue weighted by molar-refractivity contribution is -0.154. The number of carboxylic acid groups (broad SMARTS) is 1. The highest BCUT2D eigenvalue weighted by atomic mass is 31.2.